The van der Waals surface area contributed by atoms with Crippen molar-refractivity contribution in [2.24, 2.45) is 5.92 Å². The number of nitrogens with one attached hydrogen (secondary N) is 1. The van der Waals surface area contributed by atoms with Gasteiger partial charge in [0.2, 0.25) is 5.91 Å². The maximum absolute atomic E-state index is 11.9. The lowest BCUT2D eigenvalue weighted by Crippen LogP contribution is -2.38. The van der Waals surface area contributed by atoms with Crippen molar-refractivity contribution in [1.82, 2.24) is 5.32 Å². The molecule has 1 aliphatic rings. The van der Waals surface area contributed by atoms with Gasteiger partial charge in [-0.15, -0.1) is 0 Å². The van der Waals surface area contributed by atoms with Gasteiger partial charge >= 0.3 is 5.97 Å². The smallest absolute Gasteiger partial charge is 0.312 e. The van der Waals surface area contributed by atoms with Crippen LogP contribution in [0.2, 0.25) is 0 Å². The first-order chi connectivity index (χ1) is 9.49. The van der Waals surface area contributed by atoms with Crippen molar-refractivity contribution in [2.75, 3.05) is 24.5 Å². The third-order valence-electron chi connectivity index (χ3n) is 3.40. The first kappa shape index (κ1) is 14.4. The van der Waals surface area contributed by atoms with Crippen LogP contribution in [0.3, 0.4) is 0 Å². The molecule has 2 rings (SSSR count). The minimum Gasteiger partial charge on any atom is -0.481 e. The number of rotatable bonds is 5. The lowest BCUT2D eigenvalue weighted by Gasteiger charge is -2.19. The Balaban J connectivity index is 2.07. The summed E-state index contributed by atoms with van der Waals surface area (Å²) in [5, 5.41) is 12.1. The van der Waals surface area contributed by atoms with Gasteiger partial charge in [-0.25, -0.2) is 0 Å². The molecule has 1 aromatic carbocycles. The Morgan fingerprint density at radius 3 is 2.75 bits per heavy atom. The monoisotopic (exact) mass is 276 g/mol. The number of fused-ring (bicyclic) bond motifs is 1. The molecule has 1 aliphatic heterocycles. The van der Waals surface area contributed by atoms with Crippen LogP contribution in [0.4, 0.5) is 5.69 Å². The zero-order valence-corrected chi connectivity index (χ0v) is 11.8. The molecule has 1 atom stereocenters. The van der Waals surface area contributed by atoms with Crippen LogP contribution in [0.1, 0.15) is 25.3 Å². The first-order valence-corrected chi connectivity index (χ1v) is 6.82. The van der Waals surface area contributed by atoms with Gasteiger partial charge in [-0.2, -0.15) is 0 Å². The van der Waals surface area contributed by atoms with E-state index in [1.165, 1.54) is 0 Å². The number of hydrogen-bond acceptors (Lipinski definition) is 3. The molecule has 0 fully saturated rings. The van der Waals surface area contributed by atoms with Gasteiger partial charge in [-0.1, -0.05) is 32.0 Å². The molecule has 20 heavy (non-hydrogen) atoms. The summed E-state index contributed by atoms with van der Waals surface area (Å²) in [4.78, 5) is 25.0. The van der Waals surface area contributed by atoms with Crippen LogP contribution in [0.5, 0.6) is 0 Å². The van der Waals surface area contributed by atoms with Crippen molar-refractivity contribution in [2.45, 2.75) is 19.8 Å². The van der Waals surface area contributed by atoms with Crippen LogP contribution in [-0.2, 0) is 9.59 Å². The van der Waals surface area contributed by atoms with Crippen LogP contribution in [0, 0.1) is 5.92 Å². The number of nitrogens with zero attached hydrogens (tertiary/aromatic N) is 1. The fraction of sp³-hybridized carbons (Fsp3) is 0.467. The van der Waals surface area contributed by atoms with Crippen molar-refractivity contribution < 1.29 is 14.7 Å². The molecule has 1 aromatic rings. The van der Waals surface area contributed by atoms with Gasteiger partial charge in [0.25, 0.3) is 0 Å². The highest BCUT2D eigenvalue weighted by Crippen LogP contribution is 2.35. The summed E-state index contributed by atoms with van der Waals surface area (Å²) in [6.07, 6.45) is 0. The topological polar surface area (TPSA) is 69.6 Å². The summed E-state index contributed by atoms with van der Waals surface area (Å²) in [7, 11) is 0. The largest absolute Gasteiger partial charge is 0.481 e. The number of aliphatic carboxylic acids is 1. The highest BCUT2D eigenvalue weighted by molar-refractivity contribution is 5.87. The van der Waals surface area contributed by atoms with E-state index < -0.39 is 11.9 Å². The molecule has 2 N–H and O–H groups in total. The van der Waals surface area contributed by atoms with E-state index in [2.05, 4.69) is 5.32 Å². The van der Waals surface area contributed by atoms with Gasteiger partial charge in [0.1, 0.15) is 5.92 Å². The number of carboxylic acids is 1. The third-order valence-corrected chi connectivity index (χ3v) is 3.40. The van der Waals surface area contributed by atoms with Crippen molar-refractivity contribution in [3.8, 4) is 0 Å². The molecule has 1 heterocycles. The zero-order chi connectivity index (χ0) is 14.7. The molecular formula is C15H20N2O3. The second kappa shape index (κ2) is 5.94. The van der Waals surface area contributed by atoms with Crippen molar-refractivity contribution in [3.63, 3.8) is 0 Å². The number of hydrogen-bond donors (Lipinski definition) is 2. The summed E-state index contributed by atoms with van der Waals surface area (Å²) in [6, 6.07) is 7.38. The van der Waals surface area contributed by atoms with E-state index >= 15 is 0 Å². The maximum Gasteiger partial charge on any atom is 0.312 e. The number of benzene rings is 1. The quantitative estimate of drug-likeness (QED) is 0.854. The summed E-state index contributed by atoms with van der Waals surface area (Å²) in [6.45, 7) is 5.26. The average Bonchev–Trinajstić information content (AvgIpc) is 2.76. The van der Waals surface area contributed by atoms with E-state index in [4.69, 9.17) is 0 Å². The number of carbonyl (C=O) groups excluding carboxylic acids is 1. The molecule has 5 nitrogen and oxygen atoms in total. The fourth-order valence-corrected chi connectivity index (χ4v) is 2.40. The van der Waals surface area contributed by atoms with E-state index in [9.17, 15) is 14.7 Å². The maximum atomic E-state index is 11.9. The molecule has 0 aliphatic carbocycles. The normalized spacial score (nSPS) is 17.1. The fourth-order valence-electron chi connectivity index (χ4n) is 2.40. The molecule has 0 bridgehead atoms. The van der Waals surface area contributed by atoms with Gasteiger partial charge in [0, 0.05) is 18.8 Å². The molecule has 0 radical (unpaired) electrons. The van der Waals surface area contributed by atoms with E-state index in [0.717, 1.165) is 11.3 Å². The predicted molar refractivity (Wildman–Crippen MR) is 76.9 cm³/mol. The molecule has 5 heteroatoms. The Hall–Kier alpha value is -2.04. The van der Waals surface area contributed by atoms with E-state index in [0.29, 0.717) is 19.0 Å². The average molecular weight is 276 g/mol. The highest BCUT2D eigenvalue weighted by atomic mass is 16.4. The minimum absolute atomic E-state index is 0.0699. The van der Waals surface area contributed by atoms with E-state index in [1.54, 1.807) is 0 Å². The molecule has 1 amide bonds. The number of anilines is 1. The van der Waals surface area contributed by atoms with Crippen molar-refractivity contribution >= 4 is 17.6 Å². The number of carbonyl (C=O) groups is 2. The van der Waals surface area contributed by atoms with Gasteiger partial charge in [0.05, 0.1) is 6.54 Å². The summed E-state index contributed by atoms with van der Waals surface area (Å²) in [5.41, 5.74) is 1.64. The molecule has 0 spiro atoms. The highest BCUT2D eigenvalue weighted by Gasteiger charge is 2.33. The molecule has 0 aromatic heterocycles. The van der Waals surface area contributed by atoms with Crippen LogP contribution >= 0.6 is 0 Å². The summed E-state index contributed by atoms with van der Waals surface area (Å²) < 4.78 is 0. The Morgan fingerprint density at radius 2 is 2.10 bits per heavy atom. The SMILES string of the molecule is CC(C)CNC(=O)CN1CC(C(=O)O)c2ccccc21. The van der Waals surface area contributed by atoms with Gasteiger partial charge in [-0.05, 0) is 17.5 Å². The molecule has 0 saturated carbocycles. The third kappa shape index (κ3) is 3.10. The number of amides is 1. The van der Waals surface area contributed by atoms with Crippen molar-refractivity contribution in [3.05, 3.63) is 29.8 Å². The predicted octanol–water partition coefficient (Wildman–Crippen LogP) is 1.45. The Kier molecular flexibility index (Phi) is 4.27. The summed E-state index contributed by atoms with van der Waals surface area (Å²) >= 11 is 0. The zero-order valence-electron chi connectivity index (χ0n) is 11.8. The van der Waals surface area contributed by atoms with Crippen LogP contribution < -0.4 is 10.2 Å². The second-order valence-corrected chi connectivity index (χ2v) is 5.53. The molecule has 108 valence electrons. The lowest BCUT2D eigenvalue weighted by atomic mass is 10.0. The second-order valence-electron chi connectivity index (χ2n) is 5.53. The molecular weight excluding hydrogens is 256 g/mol. The lowest BCUT2D eigenvalue weighted by molar-refractivity contribution is -0.138. The Morgan fingerprint density at radius 1 is 1.40 bits per heavy atom. The van der Waals surface area contributed by atoms with Crippen LogP contribution in [0.15, 0.2) is 24.3 Å². The van der Waals surface area contributed by atoms with Crippen LogP contribution in [0.25, 0.3) is 0 Å². The van der Waals surface area contributed by atoms with E-state index in [-0.39, 0.29) is 12.5 Å². The van der Waals surface area contributed by atoms with Gasteiger partial charge in [-0.3, -0.25) is 9.59 Å². The van der Waals surface area contributed by atoms with Crippen molar-refractivity contribution in [1.29, 1.82) is 0 Å². The summed E-state index contributed by atoms with van der Waals surface area (Å²) in [5.74, 6) is -1.07. The van der Waals surface area contributed by atoms with Crippen LogP contribution in [-0.4, -0.2) is 36.6 Å². The van der Waals surface area contributed by atoms with E-state index in [1.807, 2.05) is 43.0 Å². The molecule has 1 unspecified atom stereocenters. The van der Waals surface area contributed by atoms with Gasteiger partial charge in [0.15, 0.2) is 0 Å². The minimum atomic E-state index is -0.845. The van der Waals surface area contributed by atoms with Gasteiger partial charge < -0.3 is 15.3 Å². The number of para-hydroxylation sites is 1. The Bertz CT molecular complexity index is 514. The first-order valence-electron chi connectivity index (χ1n) is 6.82. The Labute approximate surface area is 118 Å². The molecule has 0 saturated heterocycles. The standard InChI is InChI=1S/C15H20N2O3/c1-10(2)7-16-14(18)9-17-8-12(15(19)20)11-5-3-4-6-13(11)17/h3-6,10,12H,7-9H2,1-2H3,(H,16,18)(H,19,20). The number of carboxylic acid groups (broad SMARTS) is 1.